The van der Waals surface area contributed by atoms with Crippen molar-refractivity contribution < 1.29 is 36.6 Å². The zero-order valence-corrected chi connectivity index (χ0v) is 20.3. The van der Waals surface area contributed by atoms with Crippen LogP contribution in [0, 0.1) is 11.6 Å². The Morgan fingerprint density at radius 2 is 1.57 bits per heavy atom. The fourth-order valence-corrected chi connectivity index (χ4v) is 4.62. The smallest absolute Gasteiger partial charge is 0.419 e. The Bertz CT molecular complexity index is 1770. The molecule has 3 aromatic carbocycles. The Hall–Kier alpha value is -4.93. The number of carbonyl (C=O) groups is 2. The fraction of sp³-hybridized carbons (Fsp3) is 0.103. The Kier molecular flexibility index (Phi) is 6.88. The topological polar surface area (TPSA) is 92.2 Å². The first-order valence-electron chi connectivity index (χ1n) is 11.9. The third kappa shape index (κ3) is 4.93. The van der Waals surface area contributed by atoms with E-state index < -0.39 is 46.9 Å². The molecule has 6 nitrogen and oxygen atoms in total. The number of hydrogen-bond acceptors (Lipinski definition) is 4. The van der Waals surface area contributed by atoms with Crippen molar-refractivity contribution in [1.82, 2.24) is 15.3 Å². The number of alkyl halides is 3. The molecule has 0 aliphatic carbocycles. The van der Waals surface area contributed by atoms with E-state index in [4.69, 9.17) is 0 Å². The lowest BCUT2D eigenvalue weighted by atomic mass is 9.94. The van der Waals surface area contributed by atoms with E-state index >= 15 is 0 Å². The zero-order valence-electron chi connectivity index (χ0n) is 20.3. The van der Waals surface area contributed by atoms with Gasteiger partial charge in [-0.1, -0.05) is 48.5 Å². The van der Waals surface area contributed by atoms with Crippen molar-refractivity contribution in [2.45, 2.75) is 18.6 Å². The summed E-state index contributed by atoms with van der Waals surface area (Å²) in [5, 5.41) is 12.5. The fourth-order valence-electron chi connectivity index (χ4n) is 4.62. The molecule has 0 spiro atoms. The van der Waals surface area contributed by atoms with Gasteiger partial charge < -0.3 is 10.4 Å². The van der Waals surface area contributed by atoms with Crippen LogP contribution in [0.5, 0.6) is 0 Å². The third-order valence-electron chi connectivity index (χ3n) is 6.42. The summed E-state index contributed by atoms with van der Waals surface area (Å²) < 4.78 is 71.0. The normalized spacial score (nSPS) is 12.4. The lowest BCUT2D eigenvalue weighted by molar-refractivity contribution is -0.139. The summed E-state index contributed by atoms with van der Waals surface area (Å²) in [4.78, 5) is 32.9. The summed E-state index contributed by atoms with van der Waals surface area (Å²) in [7, 11) is 0. The number of aromatic nitrogens is 2. The number of carboxylic acids is 1. The molecule has 0 bridgehead atoms. The molecule has 2 aromatic heterocycles. The highest BCUT2D eigenvalue weighted by Gasteiger charge is 2.37. The van der Waals surface area contributed by atoms with Gasteiger partial charge in [-0.3, -0.25) is 14.8 Å². The molecule has 0 saturated heterocycles. The molecule has 0 radical (unpaired) electrons. The van der Waals surface area contributed by atoms with Crippen molar-refractivity contribution in [3.8, 4) is 11.3 Å². The molecule has 0 aliphatic rings. The monoisotopic (exact) mass is 551 g/mol. The highest BCUT2D eigenvalue weighted by Crippen LogP contribution is 2.42. The molecule has 2 heterocycles. The molecule has 0 fully saturated rings. The second-order valence-corrected chi connectivity index (χ2v) is 8.90. The molecule has 1 amide bonds. The van der Waals surface area contributed by atoms with E-state index in [0.29, 0.717) is 16.3 Å². The number of nitrogens with one attached hydrogen (secondary N) is 1. The second kappa shape index (κ2) is 10.3. The van der Waals surface area contributed by atoms with E-state index in [9.17, 15) is 36.6 Å². The van der Waals surface area contributed by atoms with Gasteiger partial charge in [0.15, 0.2) is 0 Å². The minimum atomic E-state index is -4.75. The Morgan fingerprint density at radius 1 is 0.875 bits per heavy atom. The molecule has 2 N–H and O–H groups in total. The highest BCUT2D eigenvalue weighted by atomic mass is 19.4. The maximum absolute atomic E-state index is 14.3. The van der Waals surface area contributed by atoms with Crippen molar-refractivity contribution >= 4 is 33.6 Å². The Labute approximate surface area is 223 Å². The van der Waals surface area contributed by atoms with Crippen molar-refractivity contribution in [3.63, 3.8) is 0 Å². The highest BCUT2D eigenvalue weighted by molar-refractivity contribution is 6.00. The first-order valence-corrected chi connectivity index (χ1v) is 11.9. The summed E-state index contributed by atoms with van der Waals surface area (Å²) in [6.07, 6.45) is -2.39. The SMILES string of the molecule is O=C(NC(Cc1ccc(-c2ncc3ccccc3c2C(F)(F)F)c2ncccc12)C(=O)O)c1c(F)cccc1F. The quantitative estimate of drug-likeness (QED) is 0.246. The van der Waals surface area contributed by atoms with Crippen LogP contribution in [-0.2, 0) is 17.4 Å². The summed E-state index contributed by atoms with van der Waals surface area (Å²) in [5.41, 5.74) is -1.70. The summed E-state index contributed by atoms with van der Waals surface area (Å²) in [6, 6.07) is 13.0. The number of halogens is 5. The summed E-state index contributed by atoms with van der Waals surface area (Å²) >= 11 is 0. The van der Waals surface area contributed by atoms with Gasteiger partial charge in [-0.05, 0) is 29.1 Å². The van der Waals surface area contributed by atoms with Gasteiger partial charge in [-0.2, -0.15) is 13.2 Å². The van der Waals surface area contributed by atoms with E-state index in [1.807, 2.05) is 0 Å². The van der Waals surface area contributed by atoms with Crippen molar-refractivity contribution in [3.05, 3.63) is 107 Å². The molecule has 0 saturated carbocycles. The number of rotatable bonds is 6. The van der Waals surface area contributed by atoms with Gasteiger partial charge in [-0.25, -0.2) is 13.6 Å². The lowest BCUT2D eigenvalue weighted by Gasteiger charge is -2.19. The van der Waals surface area contributed by atoms with E-state index in [-0.39, 0.29) is 28.6 Å². The van der Waals surface area contributed by atoms with Gasteiger partial charge in [-0.15, -0.1) is 0 Å². The number of hydrogen-bond donors (Lipinski definition) is 2. The molecule has 0 aliphatic heterocycles. The standard InChI is InChI=1S/C29H18F5N3O3/c30-20-8-3-9-21(31)23(20)27(38)37-22(28(39)40)13-15-10-11-19(25-18(15)7-4-12-35-25)26-24(29(32,33)34)17-6-2-1-5-16(17)14-36-26/h1-12,14,22H,13H2,(H,37,38)(H,39,40). The lowest BCUT2D eigenvalue weighted by Crippen LogP contribution is -2.43. The van der Waals surface area contributed by atoms with Crippen molar-refractivity contribution in [2.75, 3.05) is 0 Å². The van der Waals surface area contributed by atoms with E-state index in [1.54, 1.807) is 12.1 Å². The van der Waals surface area contributed by atoms with E-state index in [1.165, 1.54) is 48.8 Å². The Morgan fingerprint density at radius 3 is 2.27 bits per heavy atom. The van der Waals surface area contributed by atoms with Crippen LogP contribution in [0.4, 0.5) is 22.0 Å². The molecule has 5 aromatic rings. The number of carbonyl (C=O) groups excluding carboxylic acids is 1. The van der Waals surface area contributed by atoms with E-state index in [0.717, 1.165) is 18.2 Å². The van der Waals surface area contributed by atoms with Crippen LogP contribution in [0.3, 0.4) is 0 Å². The number of amides is 1. The molecular weight excluding hydrogens is 533 g/mol. The van der Waals surface area contributed by atoms with Crippen LogP contribution < -0.4 is 5.32 Å². The van der Waals surface area contributed by atoms with Crippen molar-refractivity contribution in [2.24, 2.45) is 0 Å². The van der Waals surface area contributed by atoms with Crippen LogP contribution in [-0.4, -0.2) is 33.0 Å². The summed E-state index contributed by atoms with van der Waals surface area (Å²) in [5.74, 6) is -5.08. The first kappa shape index (κ1) is 26.7. The minimum absolute atomic E-state index is 0.0396. The average molecular weight is 551 g/mol. The van der Waals surface area contributed by atoms with Gasteiger partial charge >= 0.3 is 12.1 Å². The summed E-state index contributed by atoms with van der Waals surface area (Å²) in [6.45, 7) is 0. The number of aliphatic carboxylic acids is 1. The molecule has 5 rings (SSSR count). The van der Waals surface area contributed by atoms with Crippen LogP contribution >= 0.6 is 0 Å². The number of pyridine rings is 2. The number of nitrogens with zero attached hydrogens (tertiary/aromatic N) is 2. The first-order chi connectivity index (χ1) is 19.1. The molecule has 202 valence electrons. The maximum Gasteiger partial charge on any atom is 0.419 e. The molecule has 11 heteroatoms. The molecule has 40 heavy (non-hydrogen) atoms. The van der Waals surface area contributed by atoms with Gasteiger partial charge in [0.1, 0.15) is 23.2 Å². The van der Waals surface area contributed by atoms with Gasteiger partial charge in [0.25, 0.3) is 5.91 Å². The van der Waals surface area contributed by atoms with Crippen molar-refractivity contribution in [1.29, 1.82) is 0 Å². The maximum atomic E-state index is 14.3. The molecule has 1 unspecified atom stereocenters. The van der Waals surface area contributed by atoms with Crippen LogP contribution in [0.2, 0.25) is 0 Å². The van der Waals surface area contributed by atoms with Crippen LogP contribution in [0.25, 0.3) is 32.9 Å². The molecule has 1 atom stereocenters. The Balaban J connectivity index is 1.58. The van der Waals surface area contributed by atoms with Crippen LogP contribution in [0.1, 0.15) is 21.5 Å². The van der Waals surface area contributed by atoms with Gasteiger partial charge in [0.05, 0.1) is 16.8 Å². The largest absolute Gasteiger partial charge is 0.480 e. The number of benzene rings is 3. The average Bonchev–Trinajstić information content (AvgIpc) is 2.91. The van der Waals surface area contributed by atoms with Crippen LogP contribution in [0.15, 0.2) is 79.1 Å². The van der Waals surface area contributed by atoms with Gasteiger partial charge in [0.2, 0.25) is 0 Å². The third-order valence-corrected chi connectivity index (χ3v) is 6.42. The van der Waals surface area contributed by atoms with E-state index in [2.05, 4.69) is 15.3 Å². The predicted molar refractivity (Wildman–Crippen MR) is 136 cm³/mol. The van der Waals surface area contributed by atoms with Gasteiger partial charge in [0, 0.05) is 35.2 Å². The minimum Gasteiger partial charge on any atom is -0.480 e. The number of fused-ring (bicyclic) bond motifs is 2. The number of carboxylic acid groups (broad SMARTS) is 1. The molecular formula is C29H18F5N3O3. The zero-order chi connectivity index (χ0) is 28.6. The second-order valence-electron chi connectivity index (χ2n) is 8.90. The predicted octanol–water partition coefficient (Wildman–Crippen LogP) is 6.17.